The monoisotopic (exact) mass is 694 g/mol. The first kappa shape index (κ1) is 34.4. The zero-order valence-electron chi connectivity index (χ0n) is 25.2. The summed E-state index contributed by atoms with van der Waals surface area (Å²) in [5.41, 5.74) is 0.828. The van der Waals surface area contributed by atoms with E-state index in [2.05, 4.69) is 10.0 Å². The molecule has 2 heterocycles. The summed E-state index contributed by atoms with van der Waals surface area (Å²) >= 11 is 0. The van der Waals surface area contributed by atoms with Crippen molar-refractivity contribution in [3.8, 4) is 16.9 Å². The largest absolute Gasteiger partial charge is 0.491 e. The van der Waals surface area contributed by atoms with E-state index in [1.165, 1.54) is 35.6 Å². The van der Waals surface area contributed by atoms with Gasteiger partial charge >= 0.3 is 0 Å². The molecule has 2 atom stereocenters. The SMILES string of the molecule is CNS(=O)(=O)c1cccc(OCC(O)CNC2COC3(CCN(S(=O)(=O)c4cccc(-c5ccc(S(N)(=O)=O)cc5)c4)CC3)C2)c1. The Morgan fingerprint density at radius 3 is 2.28 bits per heavy atom. The Hall–Kier alpha value is -2.93. The number of nitrogens with zero attached hydrogens (tertiary/aromatic N) is 1. The number of rotatable bonds is 12. The van der Waals surface area contributed by atoms with Gasteiger partial charge in [-0.1, -0.05) is 30.3 Å². The molecule has 0 aliphatic carbocycles. The van der Waals surface area contributed by atoms with Gasteiger partial charge in [0, 0.05) is 31.7 Å². The molecule has 2 fully saturated rings. The fraction of sp³-hybridized carbons (Fsp3) is 0.400. The number of piperidine rings is 1. The van der Waals surface area contributed by atoms with Crippen molar-refractivity contribution in [3.05, 3.63) is 72.8 Å². The van der Waals surface area contributed by atoms with Crippen LogP contribution < -0.4 is 19.9 Å². The van der Waals surface area contributed by atoms with Crippen LogP contribution in [0.4, 0.5) is 0 Å². The maximum atomic E-state index is 13.6. The van der Waals surface area contributed by atoms with Crippen LogP contribution in [0.25, 0.3) is 11.1 Å². The Balaban J connectivity index is 1.11. The third-order valence-corrected chi connectivity index (χ3v) is 12.5. The highest BCUT2D eigenvalue weighted by Gasteiger charge is 2.44. The summed E-state index contributed by atoms with van der Waals surface area (Å²) in [7, 11) is -9.91. The molecule has 3 aromatic rings. The second kappa shape index (κ2) is 13.7. The summed E-state index contributed by atoms with van der Waals surface area (Å²) in [6.45, 7) is 1.21. The summed E-state index contributed by atoms with van der Waals surface area (Å²) in [5, 5.41) is 18.9. The van der Waals surface area contributed by atoms with Gasteiger partial charge in [-0.15, -0.1) is 0 Å². The van der Waals surface area contributed by atoms with Gasteiger partial charge in [-0.05, 0) is 73.8 Å². The van der Waals surface area contributed by atoms with E-state index in [0.717, 1.165) is 0 Å². The van der Waals surface area contributed by atoms with E-state index in [1.807, 2.05) is 0 Å². The Morgan fingerprint density at radius 2 is 1.61 bits per heavy atom. The number of aliphatic hydroxyl groups excluding tert-OH is 1. The number of nitrogens with one attached hydrogen (secondary N) is 2. The second-order valence-corrected chi connectivity index (χ2v) is 16.8. The maximum Gasteiger partial charge on any atom is 0.243 e. The Labute approximate surface area is 269 Å². The molecule has 0 bridgehead atoms. The van der Waals surface area contributed by atoms with Crippen molar-refractivity contribution in [2.24, 2.45) is 5.14 Å². The molecule has 13 nitrogen and oxygen atoms in total. The first-order valence-corrected chi connectivity index (χ1v) is 19.1. The fourth-order valence-corrected chi connectivity index (χ4v) is 8.45. The van der Waals surface area contributed by atoms with Crippen LogP contribution in [-0.4, -0.2) is 92.3 Å². The quantitative estimate of drug-likeness (QED) is 0.214. The second-order valence-electron chi connectivity index (χ2n) is 11.5. The summed E-state index contributed by atoms with van der Waals surface area (Å²) in [4.78, 5) is 0.188. The van der Waals surface area contributed by atoms with Gasteiger partial charge in [0.15, 0.2) is 0 Å². The summed E-state index contributed by atoms with van der Waals surface area (Å²) in [5.74, 6) is 0.325. The maximum absolute atomic E-state index is 13.6. The van der Waals surface area contributed by atoms with Crippen LogP contribution in [0.2, 0.25) is 0 Å². The molecular formula is C30H38N4O9S3. The molecule has 0 saturated carbocycles. The number of ether oxygens (including phenoxy) is 2. The van der Waals surface area contributed by atoms with Gasteiger partial charge in [0.2, 0.25) is 30.1 Å². The number of benzene rings is 3. The van der Waals surface area contributed by atoms with Gasteiger partial charge < -0.3 is 19.9 Å². The lowest BCUT2D eigenvalue weighted by Gasteiger charge is -2.38. The molecule has 2 aliphatic heterocycles. The van der Waals surface area contributed by atoms with E-state index in [-0.39, 0.29) is 33.9 Å². The average molecular weight is 695 g/mol. The molecule has 16 heteroatoms. The van der Waals surface area contributed by atoms with Crippen molar-refractivity contribution in [2.75, 3.05) is 39.9 Å². The predicted octanol–water partition coefficient (Wildman–Crippen LogP) is 1.25. The van der Waals surface area contributed by atoms with Crippen molar-refractivity contribution in [1.82, 2.24) is 14.3 Å². The lowest BCUT2D eigenvalue weighted by Crippen LogP contribution is -2.47. The zero-order valence-corrected chi connectivity index (χ0v) is 27.7. The molecule has 1 spiro atoms. The molecule has 5 N–H and O–H groups in total. The van der Waals surface area contributed by atoms with Crippen molar-refractivity contribution in [3.63, 3.8) is 0 Å². The highest BCUT2D eigenvalue weighted by Crippen LogP contribution is 2.37. The number of aliphatic hydroxyl groups is 1. The minimum Gasteiger partial charge on any atom is -0.491 e. The van der Waals surface area contributed by atoms with E-state index in [4.69, 9.17) is 14.6 Å². The lowest BCUT2D eigenvalue weighted by atomic mass is 9.88. The molecule has 250 valence electrons. The van der Waals surface area contributed by atoms with E-state index in [9.17, 15) is 30.4 Å². The van der Waals surface area contributed by atoms with Crippen LogP contribution in [-0.2, 0) is 34.8 Å². The van der Waals surface area contributed by atoms with E-state index in [1.54, 1.807) is 48.5 Å². The molecule has 46 heavy (non-hydrogen) atoms. The predicted molar refractivity (Wildman–Crippen MR) is 171 cm³/mol. The number of hydrogen-bond acceptors (Lipinski definition) is 10. The van der Waals surface area contributed by atoms with E-state index >= 15 is 0 Å². The molecule has 3 aromatic carbocycles. The molecule has 0 aromatic heterocycles. The summed E-state index contributed by atoms with van der Waals surface area (Å²) in [6.07, 6.45) is 0.867. The van der Waals surface area contributed by atoms with Crippen molar-refractivity contribution >= 4 is 30.1 Å². The van der Waals surface area contributed by atoms with Crippen LogP contribution in [0, 0.1) is 0 Å². The molecule has 2 aliphatic rings. The summed E-state index contributed by atoms with van der Waals surface area (Å²) < 4.78 is 89.7. The first-order valence-electron chi connectivity index (χ1n) is 14.7. The minimum atomic E-state index is -3.84. The smallest absolute Gasteiger partial charge is 0.243 e. The number of primary sulfonamides is 1. The van der Waals surface area contributed by atoms with Gasteiger partial charge in [0.25, 0.3) is 0 Å². The van der Waals surface area contributed by atoms with Gasteiger partial charge in [-0.25, -0.2) is 35.1 Å². The number of hydrogen-bond donors (Lipinski definition) is 4. The molecule has 2 saturated heterocycles. The summed E-state index contributed by atoms with van der Waals surface area (Å²) in [6, 6.07) is 18.5. The fourth-order valence-electron chi connectivity index (χ4n) is 5.68. The first-order chi connectivity index (χ1) is 21.7. The topological polar surface area (TPSA) is 194 Å². The molecule has 5 rings (SSSR count). The molecule has 0 radical (unpaired) electrons. The van der Waals surface area contributed by atoms with E-state index < -0.39 is 41.8 Å². The van der Waals surface area contributed by atoms with Crippen molar-refractivity contribution in [2.45, 2.75) is 51.7 Å². The van der Waals surface area contributed by atoms with Crippen LogP contribution >= 0.6 is 0 Å². The standard InChI is InChI=1S/C30H38N4O9S3/c1-32-45(38,39)28-6-3-5-26(17-28)42-21-25(35)19-33-24-18-30(43-20-24)12-14-34(15-13-30)46(40,41)29-7-2-4-23(16-29)22-8-10-27(11-9-22)44(31,36)37/h2-11,16-17,24-25,32-33,35H,12-15,18-21H2,1H3,(H2,31,36,37). The van der Waals surface area contributed by atoms with Gasteiger partial charge in [0.05, 0.1) is 26.9 Å². The normalized spacial score (nSPS) is 19.7. The van der Waals surface area contributed by atoms with Gasteiger partial charge in [0.1, 0.15) is 18.5 Å². The molecular weight excluding hydrogens is 657 g/mol. The highest BCUT2D eigenvalue weighted by molar-refractivity contribution is 7.89. The van der Waals surface area contributed by atoms with E-state index in [0.29, 0.717) is 55.8 Å². The Bertz CT molecular complexity index is 1860. The van der Waals surface area contributed by atoms with Crippen LogP contribution in [0.5, 0.6) is 5.75 Å². The third kappa shape index (κ3) is 7.95. The number of sulfonamides is 3. The van der Waals surface area contributed by atoms with Crippen molar-refractivity contribution < 1.29 is 39.8 Å². The molecule has 0 amide bonds. The van der Waals surface area contributed by atoms with Crippen LogP contribution in [0.3, 0.4) is 0 Å². The van der Waals surface area contributed by atoms with Gasteiger partial charge in [-0.3, -0.25) is 0 Å². The zero-order chi connectivity index (χ0) is 33.2. The third-order valence-electron chi connectivity index (χ3n) is 8.30. The number of nitrogens with two attached hydrogens (primary N) is 1. The Morgan fingerprint density at radius 1 is 0.935 bits per heavy atom. The van der Waals surface area contributed by atoms with Gasteiger partial charge in [-0.2, -0.15) is 4.31 Å². The highest BCUT2D eigenvalue weighted by atomic mass is 32.2. The lowest BCUT2D eigenvalue weighted by molar-refractivity contribution is -0.0312. The van der Waals surface area contributed by atoms with Crippen LogP contribution in [0.15, 0.2) is 87.5 Å². The van der Waals surface area contributed by atoms with Crippen molar-refractivity contribution in [1.29, 1.82) is 0 Å². The van der Waals surface area contributed by atoms with Crippen LogP contribution in [0.1, 0.15) is 19.3 Å². The minimum absolute atomic E-state index is 0.0257. The average Bonchev–Trinajstić information content (AvgIpc) is 3.44. The molecule has 2 unspecified atom stereocenters. The Kier molecular flexibility index (Phi) is 10.2.